The number of carbonyl (C=O) groups is 1. The van der Waals surface area contributed by atoms with E-state index in [1.54, 1.807) is 6.07 Å². The van der Waals surface area contributed by atoms with E-state index in [9.17, 15) is 4.79 Å². The Balaban J connectivity index is 1.66. The highest BCUT2D eigenvalue weighted by Crippen LogP contribution is 2.48. The summed E-state index contributed by atoms with van der Waals surface area (Å²) in [5.74, 6) is 0.507. The highest BCUT2D eigenvalue weighted by atomic mass is 79.9. The molecule has 1 fully saturated rings. The van der Waals surface area contributed by atoms with Gasteiger partial charge in [-0.2, -0.15) is 0 Å². The van der Waals surface area contributed by atoms with Crippen molar-refractivity contribution in [1.29, 1.82) is 0 Å². The smallest absolute Gasteiger partial charge is 0.254 e. The zero-order valence-electron chi connectivity index (χ0n) is 11.6. The first-order valence-electron chi connectivity index (χ1n) is 6.95. The van der Waals surface area contributed by atoms with Crippen LogP contribution in [0.15, 0.2) is 45.5 Å². The topological polar surface area (TPSA) is 68.3 Å². The van der Waals surface area contributed by atoms with E-state index in [0.29, 0.717) is 24.4 Å². The average Bonchev–Trinajstić information content (AvgIpc) is 3.13. The minimum absolute atomic E-state index is 0.0832. The third-order valence-electron chi connectivity index (χ3n) is 4.00. The predicted octanol–water partition coefficient (Wildman–Crippen LogP) is 2.96. The fourth-order valence-corrected chi connectivity index (χ4v) is 2.89. The summed E-state index contributed by atoms with van der Waals surface area (Å²) >= 11 is 3.50. The lowest BCUT2D eigenvalue weighted by molar-refractivity contribution is 0.0949. The molecule has 1 saturated carbocycles. The summed E-state index contributed by atoms with van der Waals surface area (Å²) in [5, 5.41) is 3.00. The molecule has 0 aliphatic heterocycles. The molecule has 5 heteroatoms. The molecule has 3 rings (SSSR count). The van der Waals surface area contributed by atoms with Gasteiger partial charge in [-0.15, -0.1) is 0 Å². The van der Waals surface area contributed by atoms with Gasteiger partial charge in [-0.25, -0.2) is 0 Å². The van der Waals surface area contributed by atoms with Gasteiger partial charge in [0, 0.05) is 16.4 Å². The first-order valence-corrected chi connectivity index (χ1v) is 7.74. The van der Waals surface area contributed by atoms with Crippen LogP contribution in [-0.4, -0.2) is 12.5 Å². The molecule has 4 nitrogen and oxygen atoms in total. The lowest BCUT2D eigenvalue weighted by atomic mass is 9.96. The first kappa shape index (κ1) is 14.4. The normalized spacial score (nSPS) is 15.7. The minimum atomic E-state index is -0.111. The molecule has 3 N–H and O–H groups in total. The highest BCUT2D eigenvalue weighted by Gasteiger charge is 2.44. The van der Waals surface area contributed by atoms with Crippen molar-refractivity contribution >= 4 is 21.8 Å². The van der Waals surface area contributed by atoms with Crippen LogP contribution in [0.3, 0.4) is 0 Å². The van der Waals surface area contributed by atoms with Gasteiger partial charge in [-0.05, 0) is 36.6 Å². The van der Waals surface area contributed by atoms with Crippen LogP contribution in [0.2, 0.25) is 0 Å². The van der Waals surface area contributed by atoms with Gasteiger partial charge in [-0.1, -0.05) is 28.1 Å². The molecule has 0 unspecified atom stereocenters. The van der Waals surface area contributed by atoms with Crippen molar-refractivity contribution in [3.8, 4) is 0 Å². The van der Waals surface area contributed by atoms with Crippen molar-refractivity contribution in [2.45, 2.75) is 24.8 Å². The predicted molar refractivity (Wildman–Crippen MR) is 84.0 cm³/mol. The molecular formula is C16H17BrN2O2. The van der Waals surface area contributed by atoms with E-state index >= 15 is 0 Å². The second-order valence-corrected chi connectivity index (χ2v) is 6.39. The van der Waals surface area contributed by atoms with Crippen LogP contribution in [0.1, 0.15) is 34.5 Å². The van der Waals surface area contributed by atoms with Gasteiger partial charge >= 0.3 is 0 Å². The average molecular weight is 349 g/mol. The maximum Gasteiger partial charge on any atom is 0.254 e. The van der Waals surface area contributed by atoms with Crippen molar-refractivity contribution in [1.82, 2.24) is 5.32 Å². The molecule has 0 bridgehead atoms. The number of amides is 1. The van der Waals surface area contributed by atoms with Gasteiger partial charge in [0.25, 0.3) is 5.91 Å². The van der Waals surface area contributed by atoms with E-state index in [4.69, 9.17) is 10.2 Å². The molecule has 1 aromatic carbocycles. The van der Waals surface area contributed by atoms with Crippen molar-refractivity contribution in [3.05, 3.63) is 58.0 Å². The third-order valence-corrected chi connectivity index (χ3v) is 4.49. The molecule has 1 aromatic heterocycles. The molecule has 1 heterocycles. The van der Waals surface area contributed by atoms with Crippen LogP contribution >= 0.6 is 15.9 Å². The van der Waals surface area contributed by atoms with Crippen molar-refractivity contribution in [2.24, 2.45) is 5.73 Å². The van der Waals surface area contributed by atoms with E-state index in [0.717, 1.165) is 17.3 Å². The number of furan rings is 1. The lowest BCUT2D eigenvalue weighted by Gasteiger charge is -2.16. The molecule has 1 aliphatic rings. The molecule has 2 aromatic rings. The molecule has 0 atom stereocenters. The zero-order chi connectivity index (χ0) is 14.9. The van der Waals surface area contributed by atoms with E-state index in [1.165, 1.54) is 11.8 Å². The molecule has 0 radical (unpaired) electrons. The maximum absolute atomic E-state index is 12.1. The summed E-state index contributed by atoms with van der Waals surface area (Å²) in [6.07, 6.45) is 3.66. The van der Waals surface area contributed by atoms with Crippen molar-refractivity contribution < 1.29 is 9.21 Å². The number of nitrogens with one attached hydrogen (secondary N) is 1. The largest absolute Gasteiger partial charge is 0.467 e. The molecule has 0 saturated heterocycles. The monoisotopic (exact) mass is 348 g/mol. The number of rotatable bonds is 5. The summed E-state index contributed by atoms with van der Waals surface area (Å²) < 4.78 is 6.26. The first-order chi connectivity index (χ1) is 10.1. The Morgan fingerprint density at radius 3 is 2.81 bits per heavy atom. The molecular weight excluding hydrogens is 332 g/mol. The third kappa shape index (κ3) is 3.04. The number of benzene rings is 1. The van der Waals surface area contributed by atoms with E-state index in [2.05, 4.69) is 33.4 Å². The second-order valence-electron chi connectivity index (χ2n) is 5.48. The quantitative estimate of drug-likeness (QED) is 0.872. The zero-order valence-corrected chi connectivity index (χ0v) is 13.2. The Morgan fingerprint density at radius 1 is 1.38 bits per heavy atom. The summed E-state index contributed by atoms with van der Waals surface area (Å²) in [6, 6.07) is 9.98. The van der Waals surface area contributed by atoms with E-state index in [1.807, 2.05) is 12.1 Å². The highest BCUT2D eigenvalue weighted by molar-refractivity contribution is 9.10. The van der Waals surface area contributed by atoms with E-state index in [-0.39, 0.29) is 11.3 Å². The Labute approximate surface area is 131 Å². The Morgan fingerprint density at radius 2 is 2.19 bits per heavy atom. The van der Waals surface area contributed by atoms with Gasteiger partial charge in [0.05, 0.1) is 12.1 Å². The van der Waals surface area contributed by atoms with Crippen LogP contribution in [-0.2, 0) is 12.0 Å². The number of nitrogens with two attached hydrogens (primary N) is 1. The SMILES string of the molecule is NCc1cc(C(=O)NCC2(c3cccc(Br)c3)CC2)co1. The number of carbonyl (C=O) groups excluding carboxylic acids is 1. The fourth-order valence-electron chi connectivity index (χ4n) is 2.50. The number of hydrogen-bond acceptors (Lipinski definition) is 3. The van der Waals surface area contributed by atoms with Crippen LogP contribution < -0.4 is 11.1 Å². The number of hydrogen-bond donors (Lipinski definition) is 2. The van der Waals surface area contributed by atoms with Gasteiger partial charge < -0.3 is 15.5 Å². The second kappa shape index (κ2) is 5.66. The van der Waals surface area contributed by atoms with Crippen molar-refractivity contribution in [2.75, 3.05) is 6.54 Å². The Hall–Kier alpha value is -1.59. The van der Waals surface area contributed by atoms with Gasteiger partial charge in [0.15, 0.2) is 0 Å². The minimum Gasteiger partial charge on any atom is -0.467 e. The Kier molecular flexibility index (Phi) is 3.87. The molecule has 21 heavy (non-hydrogen) atoms. The molecule has 1 amide bonds. The van der Waals surface area contributed by atoms with Gasteiger partial charge in [0.1, 0.15) is 12.0 Å². The summed E-state index contributed by atoms with van der Waals surface area (Å²) in [6.45, 7) is 0.945. The van der Waals surface area contributed by atoms with Crippen LogP contribution in [0.25, 0.3) is 0 Å². The number of halogens is 1. The van der Waals surface area contributed by atoms with Crippen LogP contribution in [0, 0.1) is 0 Å². The molecule has 110 valence electrons. The lowest BCUT2D eigenvalue weighted by Crippen LogP contribution is -2.32. The fraction of sp³-hybridized carbons (Fsp3) is 0.312. The molecule has 1 aliphatic carbocycles. The van der Waals surface area contributed by atoms with E-state index < -0.39 is 0 Å². The summed E-state index contributed by atoms with van der Waals surface area (Å²) in [7, 11) is 0. The standard InChI is InChI=1S/C16H17BrN2O2/c17-13-3-1-2-12(7-13)16(4-5-16)10-19-15(20)11-6-14(8-18)21-9-11/h1-3,6-7,9H,4-5,8,10,18H2,(H,19,20). The van der Waals surface area contributed by atoms with Gasteiger partial charge in [0.2, 0.25) is 0 Å². The van der Waals surface area contributed by atoms with Crippen molar-refractivity contribution in [3.63, 3.8) is 0 Å². The van der Waals surface area contributed by atoms with Crippen LogP contribution in [0.4, 0.5) is 0 Å². The molecule has 0 spiro atoms. The maximum atomic E-state index is 12.1. The Bertz CT molecular complexity index is 662. The summed E-state index contributed by atoms with van der Waals surface area (Å²) in [5.41, 5.74) is 7.36. The van der Waals surface area contributed by atoms with Gasteiger partial charge in [-0.3, -0.25) is 4.79 Å². The summed E-state index contributed by atoms with van der Waals surface area (Å²) in [4.78, 5) is 12.1. The van der Waals surface area contributed by atoms with Crippen LogP contribution in [0.5, 0.6) is 0 Å².